The van der Waals surface area contributed by atoms with E-state index in [0.29, 0.717) is 0 Å². The molecule has 0 aliphatic heterocycles. The minimum atomic E-state index is -1.01. The van der Waals surface area contributed by atoms with Gasteiger partial charge in [0.2, 0.25) is 0 Å². The number of ether oxygens (including phenoxy) is 2. The van der Waals surface area contributed by atoms with E-state index in [2.05, 4.69) is 25.3 Å². The fourth-order valence-electron chi connectivity index (χ4n) is 1.60. The molecule has 2 aromatic carbocycles. The van der Waals surface area contributed by atoms with E-state index in [-0.39, 0.29) is 13.2 Å². The van der Waals surface area contributed by atoms with Crippen molar-refractivity contribution >= 4 is 37.2 Å². The smallest absolute Gasteiger partial charge is 0.417 e. The van der Waals surface area contributed by atoms with Crippen LogP contribution in [-0.2, 0) is 32.3 Å². The van der Waals surface area contributed by atoms with Gasteiger partial charge in [0.05, 0.1) is 0 Å². The molecule has 0 fully saturated rings. The summed E-state index contributed by atoms with van der Waals surface area (Å²) in [5, 5.41) is 0. The number of hydrogen-bond acceptors (Lipinski definition) is 6. The van der Waals surface area contributed by atoms with Crippen LogP contribution in [-0.4, -0.2) is 11.9 Å². The van der Waals surface area contributed by atoms with E-state index in [0.717, 1.165) is 20.9 Å². The number of thiol groups is 2. The van der Waals surface area contributed by atoms with Crippen molar-refractivity contribution in [3.8, 4) is 0 Å². The van der Waals surface area contributed by atoms with Gasteiger partial charge in [0.1, 0.15) is 13.2 Å². The van der Waals surface area contributed by atoms with E-state index < -0.39 is 11.9 Å². The number of carbonyl (C=O) groups excluding carboxylic acids is 2. The van der Waals surface area contributed by atoms with Gasteiger partial charge in [-0.1, -0.05) is 24.3 Å². The molecule has 4 nitrogen and oxygen atoms in total. The van der Waals surface area contributed by atoms with Crippen molar-refractivity contribution in [1.82, 2.24) is 0 Å². The third-order valence-corrected chi connectivity index (χ3v) is 3.38. The van der Waals surface area contributed by atoms with Gasteiger partial charge >= 0.3 is 11.9 Å². The van der Waals surface area contributed by atoms with Gasteiger partial charge in [0.15, 0.2) is 0 Å². The van der Waals surface area contributed by atoms with Crippen LogP contribution >= 0.6 is 25.3 Å². The molecule has 0 aliphatic rings. The Morgan fingerprint density at radius 1 is 0.682 bits per heavy atom. The maximum absolute atomic E-state index is 11.5. The van der Waals surface area contributed by atoms with Crippen molar-refractivity contribution < 1.29 is 19.1 Å². The third-order valence-electron chi connectivity index (χ3n) is 2.78. The second-order valence-electron chi connectivity index (χ2n) is 4.49. The van der Waals surface area contributed by atoms with Crippen LogP contribution in [0.15, 0.2) is 58.3 Å². The summed E-state index contributed by atoms with van der Waals surface area (Å²) < 4.78 is 9.77. The van der Waals surface area contributed by atoms with Crippen LogP contribution in [0.2, 0.25) is 0 Å². The quantitative estimate of drug-likeness (QED) is 0.513. The minimum absolute atomic E-state index is 0.0103. The lowest BCUT2D eigenvalue weighted by Crippen LogP contribution is -2.20. The summed E-state index contributed by atoms with van der Waals surface area (Å²) in [6.45, 7) is 0.0205. The summed E-state index contributed by atoms with van der Waals surface area (Å²) >= 11 is 8.31. The normalized spacial score (nSPS) is 10.1. The highest BCUT2D eigenvalue weighted by atomic mass is 32.1. The minimum Gasteiger partial charge on any atom is -0.452 e. The van der Waals surface area contributed by atoms with Crippen molar-refractivity contribution in [1.29, 1.82) is 0 Å². The molecule has 0 atom stereocenters. The number of benzene rings is 2. The Hall–Kier alpha value is -1.92. The molecule has 0 bridgehead atoms. The zero-order valence-electron chi connectivity index (χ0n) is 11.6. The van der Waals surface area contributed by atoms with Gasteiger partial charge in [-0.25, -0.2) is 9.59 Å². The van der Waals surface area contributed by atoms with Gasteiger partial charge in [0, 0.05) is 9.79 Å². The molecule has 0 spiro atoms. The first-order valence-corrected chi connectivity index (χ1v) is 7.34. The summed E-state index contributed by atoms with van der Waals surface area (Å²) in [4.78, 5) is 24.7. The molecule has 0 radical (unpaired) electrons. The molecule has 6 heteroatoms. The zero-order valence-corrected chi connectivity index (χ0v) is 13.3. The van der Waals surface area contributed by atoms with Crippen LogP contribution in [0.5, 0.6) is 0 Å². The maximum Gasteiger partial charge on any atom is 0.417 e. The number of esters is 2. The summed E-state index contributed by atoms with van der Waals surface area (Å²) in [5.74, 6) is -2.03. The summed E-state index contributed by atoms with van der Waals surface area (Å²) in [6, 6.07) is 14.1. The number of carbonyl (C=O) groups is 2. The van der Waals surface area contributed by atoms with E-state index in [9.17, 15) is 9.59 Å². The molecule has 0 aliphatic carbocycles. The first kappa shape index (κ1) is 16.5. The average Bonchev–Trinajstić information content (AvgIpc) is 2.53. The molecule has 114 valence electrons. The Kier molecular flexibility index (Phi) is 5.91. The van der Waals surface area contributed by atoms with Gasteiger partial charge in [-0.05, 0) is 35.4 Å². The Labute approximate surface area is 139 Å². The molecule has 2 aromatic rings. The lowest BCUT2D eigenvalue weighted by molar-refractivity contribution is -0.169. The van der Waals surface area contributed by atoms with Crippen LogP contribution in [0.1, 0.15) is 11.1 Å². The topological polar surface area (TPSA) is 52.6 Å². The average molecular weight is 334 g/mol. The monoisotopic (exact) mass is 334 g/mol. The Morgan fingerprint density at radius 3 is 1.32 bits per heavy atom. The summed E-state index contributed by atoms with van der Waals surface area (Å²) in [7, 11) is 0. The molecule has 0 N–H and O–H groups in total. The van der Waals surface area contributed by atoms with E-state index in [1.165, 1.54) is 0 Å². The molecule has 0 heterocycles. The Bertz CT molecular complexity index is 591. The highest BCUT2D eigenvalue weighted by molar-refractivity contribution is 7.80. The van der Waals surface area contributed by atoms with E-state index >= 15 is 0 Å². The van der Waals surface area contributed by atoms with Gasteiger partial charge < -0.3 is 9.47 Å². The fourth-order valence-corrected chi connectivity index (χ4v) is 1.90. The lowest BCUT2D eigenvalue weighted by Gasteiger charge is -2.06. The summed E-state index contributed by atoms with van der Waals surface area (Å²) in [5.41, 5.74) is 1.53. The van der Waals surface area contributed by atoms with Crippen molar-refractivity contribution in [2.24, 2.45) is 0 Å². The highest BCUT2D eigenvalue weighted by Gasteiger charge is 2.17. The van der Waals surface area contributed by atoms with Crippen LogP contribution < -0.4 is 0 Å². The van der Waals surface area contributed by atoms with E-state index in [1.54, 1.807) is 48.5 Å². The predicted molar refractivity (Wildman–Crippen MR) is 87.0 cm³/mol. The lowest BCUT2D eigenvalue weighted by atomic mass is 10.2. The van der Waals surface area contributed by atoms with Gasteiger partial charge in [0.25, 0.3) is 0 Å². The molecule has 2 rings (SSSR count). The van der Waals surface area contributed by atoms with E-state index in [1.807, 2.05) is 0 Å². The first-order chi connectivity index (χ1) is 10.5. The second-order valence-corrected chi connectivity index (χ2v) is 5.52. The largest absolute Gasteiger partial charge is 0.452 e. The molecular weight excluding hydrogens is 320 g/mol. The van der Waals surface area contributed by atoms with Crippen molar-refractivity contribution in [2.45, 2.75) is 23.0 Å². The van der Waals surface area contributed by atoms with Crippen LogP contribution in [0, 0.1) is 0 Å². The first-order valence-electron chi connectivity index (χ1n) is 6.44. The van der Waals surface area contributed by atoms with E-state index in [4.69, 9.17) is 9.47 Å². The van der Waals surface area contributed by atoms with Crippen LogP contribution in [0.3, 0.4) is 0 Å². The van der Waals surface area contributed by atoms with Gasteiger partial charge in [-0.3, -0.25) is 0 Å². The molecular formula is C16H14O4S2. The van der Waals surface area contributed by atoms with Gasteiger partial charge in [-0.2, -0.15) is 0 Å². The Morgan fingerprint density at radius 2 is 1.00 bits per heavy atom. The second kappa shape index (κ2) is 7.91. The molecule has 22 heavy (non-hydrogen) atoms. The number of rotatable bonds is 4. The maximum atomic E-state index is 11.5. The highest BCUT2D eigenvalue weighted by Crippen LogP contribution is 2.10. The fraction of sp³-hybridized carbons (Fsp3) is 0.125. The molecule has 0 unspecified atom stereocenters. The van der Waals surface area contributed by atoms with Gasteiger partial charge in [-0.15, -0.1) is 25.3 Å². The third kappa shape index (κ3) is 5.13. The SMILES string of the molecule is O=C(OCc1ccc(S)cc1)C(=O)OCc1ccc(S)cc1. The van der Waals surface area contributed by atoms with Crippen LogP contribution in [0.4, 0.5) is 0 Å². The van der Waals surface area contributed by atoms with Crippen molar-refractivity contribution in [3.63, 3.8) is 0 Å². The predicted octanol–water partition coefficient (Wildman–Crippen LogP) is 3.05. The molecule has 0 saturated heterocycles. The molecule has 0 saturated carbocycles. The zero-order chi connectivity index (χ0) is 15.9. The van der Waals surface area contributed by atoms with Crippen molar-refractivity contribution in [3.05, 3.63) is 59.7 Å². The van der Waals surface area contributed by atoms with Crippen molar-refractivity contribution in [2.75, 3.05) is 0 Å². The summed E-state index contributed by atoms with van der Waals surface area (Å²) in [6.07, 6.45) is 0. The van der Waals surface area contributed by atoms with Crippen LogP contribution in [0.25, 0.3) is 0 Å². The standard InChI is InChI=1S/C16H14O4S2/c17-15(19-9-11-1-5-13(21)6-2-11)16(18)20-10-12-3-7-14(22)8-4-12/h1-8,21-22H,9-10H2. The number of hydrogen-bond donors (Lipinski definition) is 2. The Balaban J connectivity index is 1.78. The molecule has 0 aromatic heterocycles. The molecule has 0 amide bonds.